The monoisotopic (exact) mass is 425 g/mol. The van der Waals surface area contributed by atoms with E-state index in [9.17, 15) is 9.59 Å². The summed E-state index contributed by atoms with van der Waals surface area (Å²) in [5.74, 6) is 1.95. The Hall–Kier alpha value is -3.13. The highest BCUT2D eigenvalue weighted by Crippen LogP contribution is 2.29. The molecule has 1 amide bonds. The van der Waals surface area contributed by atoms with Gasteiger partial charge in [-0.15, -0.1) is 0 Å². The SMILES string of the molecule is COc1ccc(CC(=O)N2CCC(c3nc(-c4ccsc4)cc(=O)[nH]3)C2)cc1OC. The predicted molar refractivity (Wildman–Crippen MR) is 115 cm³/mol. The van der Waals surface area contributed by atoms with Gasteiger partial charge in [-0.1, -0.05) is 6.07 Å². The van der Waals surface area contributed by atoms with Crippen LogP contribution in [0.4, 0.5) is 0 Å². The third kappa shape index (κ3) is 4.23. The van der Waals surface area contributed by atoms with E-state index in [4.69, 9.17) is 9.47 Å². The van der Waals surface area contributed by atoms with Crippen molar-refractivity contribution in [1.82, 2.24) is 14.9 Å². The van der Waals surface area contributed by atoms with Crippen LogP contribution in [-0.2, 0) is 11.2 Å². The van der Waals surface area contributed by atoms with Gasteiger partial charge in [0.05, 0.1) is 26.3 Å². The number of aromatic nitrogens is 2. The average Bonchev–Trinajstić information content (AvgIpc) is 3.45. The number of amides is 1. The number of likely N-dealkylation sites (tertiary alicyclic amines) is 1. The molecule has 1 aliphatic heterocycles. The van der Waals surface area contributed by atoms with Crippen molar-refractivity contribution in [2.45, 2.75) is 18.8 Å². The largest absolute Gasteiger partial charge is 0.493 e. The van der Waals surface area contributed by atoms with Gasteiger partial charge in [-0.3, -0.25) is 9.59 Å². The Morgan fingerprint density at radius 3 is 2.80 bits per heavy atom. The Morgan fingerprint density at radius 1 is 1.23 bits per heavy atom. The molecule has 1 aliphatic rings. The highest BCUT2D eigenvalue weighted by molar-refractivity contribution is 7.08. The number of carbonyl (C=O) groups excluding carboxylic acids is 1. The molecule has 1 aromatic carbocycles. The van der Waals surface area contributed by atoms with E-state index >= 15 is 0 Å². The molecule has 0 spiro atoms. The van der Waals surface area contributed by atoms with Gasteiger partial charge in [0.15, 0.2) is 11.5 Å². The van der Waals surface area contributed by atoms with Crippen molar-refractivity contribution in [2.24, 2.45) is 0 Å². The van der Waals surface area contributed by atoms with Crippen LogP contribution in [0.25, 0.3) is 11.3 Å². The first kappa shape index (κ1) is 20.2. The molecular weight excluding hydrogens is 402 g/mol. The number of nitrogens with zero attached hydrogens (tertiary/aromatic N) is 2. The van der Waals surface area contributed by atoms with Crippen molar-refractivity contribution in [3.63, 3.8) is 0 Å². The summed E-state index contributed by atoms with van der Waals surface area (Å²) in [4.78, 5) is 34.3. The zero-order valence-electron chi connectivity index (χ0n) is 16.9. The number of hydrogen-bond acceptors (Lipinski definition) is 6. The van der Waals surface area contributed by atoms with Gasteiger partial charge < -0.3 is 19.4 Å². The summed E-state index contributed by atoms with van der Waals surface area (Å²) in [7, 11) is 3.16. The van der Waals surface area contributed by atoms with Gasteiger partial charge in [0.1, 0.15) is 5.82 Å². The summed E-state index contributed by atoms with van der Waals surface area (Å²) in [6.45, 7) is 1.19. The zero-order chi connectivity index (χ0) is 21.1. The molecule has 8 heteroatoms. The summed E-state index contributed by atoms with van der Waals surface area (Å²) in [5.41, 5.74) is 2.31. The first-order valence-electron chi connectivity index (χ1n) is 9.70. The van der Waals surface area contributed by atoms with E-state index in [1.807, 2.05) is 33.9 Å². The molecule has 1 saturated heterocycles. The molecule has 2 aromatic heterocycles. The smallest absolute Gasteiger partial charge is 0.251 e. The van der Waals surface area contributed by atoms with Crippen LogP contribution in [0.3, 0.4) is 0 Å². The number of thiophene rings is 1. The van der Waals surface area contributed by atoms with Crippen molar-refractivity contribution < 1.29 is 14.3 Å². The van der Waals surface area contributed by atoms with E-state index in [0.29, 0.717) is 36.1 Å². The number of rotatable bonds is 6. The fourth-order valence-electron chi connectivity index (χ4n) is 3.71. The Kier molecular flexibility index (Phi) is 5.85. The molecule has 3 aromatic rings. The molecule has 3 heterocycles. The molecule has 30 heavy (non-hydrogen) atoms. The molecule has 4 rings (SSSR count). The lowest BCUT2D eigenvalue weighted by molar-refractivity contribution is -0.129. The van der Waals surface area contributed by atoms with Gasteiger partial charge >= 0.3 is 0 Å². The van der Waals surface area contributed by atoms with Crippen molar-refractivity contribution in [3.05, 3.63) is 62.8 Å². The van der Waals surface area contributed by atoms with E-state index in [1.165, 1.54) is 6.07 Å². The highest BCUT2D eigenvalue weighted by Gasteiger charge is 2.29. The maximum atomic E-state index is 12.8. The number of nitrogens with one attached hydrogen (secondary N) is 1. The van der Waals surface area contributed by atoms with E-state index in [0.717, 1.165) is 17.5 Å². The fraction of sp³-hybridized carbons (Fsp3) is 0.318. The number of methoxy groups -OCH3 is 2. The normalized spacial score (nSPS) is 15.9. The number of hydrogen-bond donors (Lipinski definition) is 1. The van der Waals surface area contributed by atoms with Crippen LogP contribution in [0.5, 0.6) is 11.5 Å². The van der Waals surface area contributed by atoms with Crippen molar-refractivity contribution in [1.29, 1.82) is 0 Å². The van der Waals surface area contributed by atoms with E-state index < -0.39 is 0 Å². The quantitative estimate of drug-likeness (QED) is 0.656. The second kappa shape index (κ2) is 8.71. The van der Waals surface area contributed by atoms with Crippen LogP contribution in [-0.4, -0.2) is 48.1 Å². The highest BCUT2D eigenvalue weighted by atomic mass is 32.1. The number of benzene rings is 1. The Morgan fingerprint density at radius 2 is 2.07 bits per heavy atom. The second-order valence-electron chi connectivity index (χ2n) is 7.22. The third-order valence-electron chi connectivity index (χ3n) is 5.31. The van der Waals surface area contributed by atoms with Crippen molar-refractivity contribution in [3.8, 4) is 22.8 Å². The Bertz CT molecular complexity index is 1090. The van der Waals surface area contributed by atoms with Crippen LogP contribution in [0.1, 0.15) is 23.7 Å². The Labute approximate surface area is 178 Å². The first-order valence-corrected chi connectivity index (χ1v) is 10.6. The molecule has 1 fully saturated rings. The average molecular weight is 426 g/mol. The molecule has 0 aliphatic carbocycles. The maximum absolute atomic E-state index is 12.8. The van der Waals surface area contributed by atoms with Crippen LogP contribution in [0, 0.1) is 0 Å². The topological polar surface area (TPSA) is 84.5 Å². The lowest BCUT2D eigenvalue weighted by Gasteiger charge is -2.17. The summed E-state index contributed by atoms with van der Waals surface area (Å²) < 4.78 is 10.6. The summed E-state index contributed by atoms with van der Waals surface area (Å²) in [6, 6.07) is 8.97. The molecule has 0 bridgehead atoms. The van der Waals surface area contributed by atoms with Gasteiger partial charge in [0.25, 0.3) is 5.56 Å². The van der Waals surface area contributed by atoms with E-state index in [1.54, 1.807) is 31.6 Å². The lowest BCUT2D eigenvalue weighted by Crippen LogP contribution is -2.30. The van der Waals surface area contributed by atoms with Crippen molar-refractivity contribution >= 4 is 17.2 Å². The van der Waals surface area contributed by atoms with Crippen LogP contribution >= 0.6 is 11.3 Å². The molecular formula is C22H23N3O4S. The van der Waals surface area contributed by atoms with Gasteiger partial charge in [-0.05, 0) is 35.6 Å². The molecule has 0 saturated carbocycles. The zero-order valence-corrected chi connectivity index (χ0v) is 17.7. The molecule has 0 radical (unpaired) electrons. The summed E-state index contributed by atoms with van der Waals surface area (Å²) in [5, 5.41) is 3.93. The second-order valence-corrected chi connectivity index (χ2v) is 8.00. The van der Waals surface area contributed by atoms with E-state index in [-0.39, 0.29) is 23.8 Å². The number of aromatic amines is 1. The standard InChI is InChI=1S/C22H23N3O4S/c1-28-18-4-3-14(9-19(18)29-2)10-21(27)25-7-5-15(12-25)22-23-17(11-20(26)24-22)16-6-8-30-13-16/h3-4,6,8-9,11,13,15H,5,7,10,12H2,1-2H3,(H,23,24,26). The van der Waals surface area contributed by atoms with Gasteiger partial charge in [0, 0.05) is 36.0 Å². The third-order valence-corrected chi connectivity index (χ3v) is 5.99. The van der Waals surface area contributed by atoms with E-state index in [2.05, 4.69) is 9.97 Å². The van der Waals surface area contributed by atoms with Crippen molar-refractivity contribution in [2.75, 3.05) is 27.3 Å². The predicted octanol–water partition coefficient (Wildman–Crippen LogP) is 3.07. The van der Waals surface area contributed by atoms with Gasteiger partial charge in [-0.2, -0.15) is 11.3 Å². The Balaban J connectivity index is 1.46. The number of carbonyl (C=O) groups is 1. The fourth-order valence-corrected chi connectivity index (χ4v) is 4.36. The minimum Gasteiger partial charge on any atom is -0.493 e. The first-order chi connectivity index (χ1) is 14.6. The number of ether oxygens (including phenoxy) is 2. The molecule has 1 unspecified atom stereocenters. The summed E-state index contributed by atoms with van der Waals surface area (Å²) >= 11 is 1.57. The van der Waals surface area contributed by atoms with Gasteiger partial charge in [0.2, 0.25) is 5.91 Å². The van der Waals surface area contributed by atoms with Crippen LogP contribution in [0.2, 0.25) is 0 Å². The minimum atomic E-state index is -0.170. The molecule has 1 atom stereocenters. The van der Waals surface area contributed by atoms with Gasteiger partial charge in [-0.25, -0.2) is 4.98 Å². The van der Waals surface area contributed by atoms with Crippen LogP contribution < -0.4 is 15.0 Å². The lowest BCUT2D eigenvalue weighted by atomic mass is 10.1. The summed E-state index contributed by atoms with van der Waals surface area (Å²) in [6.07, 6.45) is 1.06. The molecule has 156 valence electrons. The minimum absolute atomic E-state index is 0.0191. The number of H-pyrrole nitrogens is 1. The molecule has 7 nitrogen and oxygen atoms in total. The van der Waals surface area contributed by atoms with Crippen LogP contribution in [0.15, 0.2) is 45.9 Å². The molecule has 1 N–H and O–H groups in total. The maximum Gasteiger partial charge on any atom is 0.251 e.